The molecule has 82 valence electrons. The minimum Gasteiger partial charge on any atom is -0.385 e. The Balaban J connectivity index is 2.20. The fraction of sp³-hybridized carbons (Fsp3) is 0.846. The maximum absolute atomic E-state index is 5.05. The van der Waals surface area contributed by atoms with Gasteiger partial charge in [0.1, 0.15) is 0 Å². The molecule has 1 aliphatic carbocycles. The lowest BCUT2D eigenvalue weighted by Gasteiger charge is -2.17. The molecule has 14 heavy (non-hydrogen) atoms. The molecule has 0 N–H and O–H groups in total. The van der Waals surface area contributed by atoms with Crippen LogP contribution in [0.4, 0.5) is 0 Å². The van der Waals surface area contributed by atoms with Gasteiger partial charge in [-0.15, -0.1) is 0 Å². The summed E-state index contributed by atoms with van der Waals surface area (Å²) in [6, 6.07) is 0. The number of methoxy groups -OCH3 is 1. The normalized spacial score (nSPS) is 17.1. The van der Waals surface area contributed by atoms with Crippen LogP contribution in [0.3, 0.4) is 0 Å². The fourth-order valence-corrected chi connectivity index (χ4v) is 2.22. The van der Waals surface area contributed by atoms with Crippen LogP contribution in [-0.4, -0.2) is 13.7 Å². The Morgan fingerprint density at radius 1 is 1.14 bits per heavy atom. The summed E-state index contributed by atoms with van der Waals surface area (Å²) in [6.45, 7) is 3.25. The first-order valence-corrected chi connectivity index (χ1v) is 6.01. The van der Waals surface area contributed by atoms with Gasteiger partial charge in [0.15, 0.2) is 0 Å². The van der Waals surface area contributed by atoms with Crippen LogP contribution in [0.5, 0.6) is 0 Å². The predicted octanol–water partition coefficient (Wildman–Crippen LogP) is 4.08. The molecule has 0 saturated heterocycles. The van der Waals surface area contributed by atoms with E-state index in [1.807, 2.05) is 0 Å². The van der Waals surface area contributed by atoms with E-state index in [1.165, 1.54) is 51.4 Å². The van der Waals surface area contributed by atoms with Gasteiger partial charge in [-0.2, -0.15) is 0 Å². The highest BCUT2D eigenvalue weighted by Crippen LogP contribution is 2.27. The van der Waals surface area contributed by atoms with Gasteiger partial charge < -0.3 is 4.74 Å². The SMILES string of the molecule is COCCCCC(C)=C1CCCCC1. The van der Waals surface area contributed by atoms with Gasteiger partial charge in [-0.05, 0) is 51.9 Å². The summed E-state index contributed by atoms with van der Waals surface area (Å²) in [7, 11) is 1.78. The van der Waals surface area contributed by atoms with Gasteiger partial charge >= 0.3 is 0 Å². The second-order valence-corrected chi connectivity index (χ2v) is 4.39. The van der Waals surface area contributed by atoms with Gasteiger partial charge in [0.05, 0.1) is 0 Å². The zero-order valence-electron chi connectivity index (χ0n) is 9.77. The largest absolute Gasteiger partial charge is 0.385 e. The summed E-state index contributed by atoms with van der Waals surface area (Å²) in [4.78, 5) is 0. The van der Waals surface area contributed by atoms with Crippen molar-refractivity contribution in [1.82, 2.24) is 0 Å². The van der Waals surface area contributed by atoms with Crippen molar-refractivity contribution in [1.29, 1.82) is 0 Å². The summed E-state index contributed by atoms with van der Waals surface area (Å²) < 4.78 is 5.05. The molecule has 0 amide bonds. The van der Waals surface area contributed by atoms with E-state index in [1.54, 1.807) is 18.3 Å². The second-order valence-electron chi connectivity index (χ2n) is 4.39. The van der Waals surface area contributed by atoms with Crippen LogP contribution in [0.1, 0.15) is 58.3 Å². The standard InChI is InChI=1S/C13H24O/c1-12(8-6-7-11-14-2)13-9-4-3-5-10-13/h3-11H2,1-2H3. The van der Waals surface area contributed by atoms with Crippen LogP contribution < -0.4 is 0 Å². The number of hydrogen-bond acceptors (Lipinski definition) is 1. The number of ether oxygens (including phenoxy) is 1. The van der Waals surface area contributed by atoms with Crippen molar-refractivity contribution in [2.45, 2.75) is 58.3 Å². The molecule has 0 radical (unpaired) electrons. The molecule has 0 atom stereocenters. The fourth-order valence-electron chi connectivity index (χ4n) is 2.22. The van der Waals surface area contributed by atoms with Gasteiger partial charge in [0.25, 0.3) is 0 Å². The molecule has 1 fully saturated rings. The third-order valence-electron chi connectivity index (χ3n) is 3.21. The molecular formula is C13H24O. The molecule has 1 nitrogen and oxygen atoms in total. The van der Waals surface area contributed by atoms with Crippen LogP contribution >= 0.6 is 0 Å². The predicted molar refractivity (Wildman–Crippen MR) is 61.5 cm³/mol. The molecular weight excluding hydrogens is 172 g/mol. The molecule has 0 aromatic rings. The minimum absolute atomic E-state index is 0.919. The molecule has 0 aromatic heterocycles. The molecule has 1 heteroatoms. The van der Waals surface area contributed by atoms with Crippen molar-refractivity contribution in [2.75, 3.05) is 13.7 Å². The Hall–Kier alpha value is -0.300. The highest BCUT2D eigenvalue weighted by molar-refractivity contribution is 5.13. The summed E-state index contributed by atoms with van der Waals surface area (Å²) in [5.41, 5.74) is 3.43. The quantitative estimate of drug-likeness (QED) is 0.475. The lowest BCUT2D eigenvalue weighted by molar-refractivity contribution is 0.193. The van der Waals surface area contributed by atoms with E-state index >= 15 is 0 Å². The first kappa shape index (κ1) is 11.8. The van der Waals surface area contributed by atoms with Crippen molar-refractivity contribution in [3.8, 4) is 0 Å². The van der Waals surface area contributed by atoms with E-state index < -0.39 is 0 Å². The summed E-state index contributed by atoms with van der Waals surface area (Å²) in [6.07, 6.45) is 10.8. The number of rotatable bonds is 5. The van der Waals surface area contributed by atoms with Crippen LogP contribution in [0.2, 0.25) is 0 Å². The smallest absolute Gasteiger partial charge is 0.0462 e. The van der Waals surface area contributed by atoms with Gasteiger partial charge in [0.2, 0.25) is 0 Å². The minimum atomic E-state index is 0.919. The Kier molecular flexibility index (Phi) is 5.93. The van der Waals surface area contributed by atoms with Gasteiger partial charge in [0, 0.05) is 13.7 Å². The lowest BCUT2D eigenvalue weighted by atomic mass is 9.90. The number of unbranched alkanes of at least 4 members (excludes halogenated alkanes) is 1. The molecule has 0 aromatic carbocycles. The summed E-state index contributed by atoms with van der Waals surface area (Å²) >= 11 is 0. The van der Waals surface area contributed by atoms with E-state index in [0.29, 0.717) is 0 Å². The van der Waals surface area contributed by atoms with Crippen LogP contribution in [0.15, 0.2) is 11.1 Å². The zero-order chi connectivity index (χ0) is 10.2. The van der Waals surface area contributed by atoms with Crippen LogP contribution in [0, 0.1) is 0 Å². The molecule has 1 saturated carbocycles. The summed E-state index contributed by atoms with van der Waals surface area (Å²) in [5, 5.41) is 0. The first-order valence-electron chi connectivity index (χ1n) is 6.01. The van der Waals surface area contributed by atoms with Gasteiger partial charge in [-0.3, -0.25) is 0 Å². The number of allylic oxidation sites excluding steroid dienone is 2. The molecule has 0 unspecified atom stereocenters. The first-order chi connectivity index (χ1) is 6.84. The molecule has 1 rings (SSSR count). The lowest BCUT2D eigenvalue weighted by Crippen LogP contribution is -1.97. The topological polar surface area (TPSA) is 9.23 Å². The number of hydrogen-bond donors (Lipinski definition) is 0. The Morgan fingerprint density at radius 3 is 2.50 bits per heavy atom. The molecule has 0 bridgehead atoms. The van der Waals surface area contributed by atoms with E-state index in [4.69, 9.17) is 4.74 Å². The van der Waals surface area contributed by atoms with Crippen molar-refractivity contribution in [3.05, 3.63) is 11.1 Å². The monoisotopic (exact) mass is 196 g/mol. The van der Waals surface area contributed by atoms with Gasteiger partial charge in [-0.25, -0.2) is 0 Å². The molecule has 0 spiro atoms. The molecule has 1 aliphatic rings. The van der Waals surface area contributed by atoms with E-state index in [9.17, 15) is 0 Å². The Labute approximate surface area is 88.5 Å². The average molecular weight is 196 g/mol. The average Bonchev–Trinajstić information content (AvgIpc) is 2.25. The zero-order valence-corrected chi connectivity index (χ0v) is 9.77. The van der Waals surface area contributed by atoms with E-state index in [-0.39, 0.29) is 0 Å². The molecule has 0 aliphatic heterocycles. The van der Waals surface area contributed by atoms with Gasteiger partial charge in [-0.1, -0.05) is 17.6 Å². The third kappa shape index (κ3) is 4.28. The van der Waals surface area contributed by atoms with E-state index in [0.717, 1.165) is 6.61 Å². The van der Waals surface area contributed by atoms with Crippen molar-refractivity contribution < 1.29 is 4.74 Å². The van der Waals surface area contributed by atoms with Crippen molar-refractivity contribution in [3.63, 3.8) is 0 Å². The van der Waals surface area contributed by atoms with Crippen molar-refractivity contribution >= 4 is 0 Å². The van der Waals surface area contributed by atoms with E-state index in [2.05, 4.69) is 6.92 Å². The second kappa shape index (κ2) is 7.05. The van der Waals surface area contributed by atoms with Crippen molar-refractivity contribution in [2.24, 2.45) is 0 Å². The summed E-state index contributed by atoms with van der Waals surface area (Å²) in [5.74, 6) is 0. The Morgan fingerprint density at radius 2 is 1.86 bits per heavy atom. The maximum Gasteiger partial charge on any atom is 0.0462 e. The highest BCUT2D eigenvalue weighted by atomic mass is 16.5. The van der Waals surface area contributed by atoms with Crippen LogP contribution in [0.25, 0.3) is 0 Å². The maximum atomic E-state index is 5.05. The highest BCUT2D eigenvalue weighted by Gasteiger charge is 2.07. The van der Waals surface area contributed by atoms with Crippen LogP contribution in [-0.2, 0) is 4.74 Å². The molecule has 0 heterocycles. The Bertz CT molecular complexity index is 174. The third-order valence-corrected chi connectivity index (χ3v) is 3.21.